The molecule has 1 N–H and O–H groups in total. The molecule has 1 aromatic rings. The van der Waals surface area contributed by atoms with E-state index in [-0.39, 0.29) is 22.8 Å². The van der Waals surface area contributed by atoms with Crippen LogP contribution in [-0.4, -0.2) is 41.6 Å². The number of hydrogen-bond acceptors (Lipinski definition) is 5. The lowest BCUT2D eigenvalue weighted by Crippen LogP contribution is -2.74. The molecule has 1 aromatic heterocycles. The standard InChI is InChI=1S/C21H34N4O2/c1-13(26)22-17-15-9-8-10-25(18(15)21(17,5)6)16-11-14(12-27-7)23-19(24-16)20(2,3)4/h11,15,17-18H,8-10,12H2,1-7H3,(H,22,26). The molecule has 27 heavy (non-hydrogen) atoms. The summed E-state index contributed by atoms with van der Waals surface area (Å²) in [5.74, 6) is 2.37. The minimum atomic E-state index is -0.123. The zero-order chi connectivity index (χ0) is 20.0. The van der Waals surface area contributed by atoms with E-state index in [4.69, 9.17) is 14.7 Å². The van der Waals surface area contributed by atoms with E-state index >= 15 is 0 Å². The van der Waals surface area contributed by atoms with Crippen molar-refractivity contribution in [1.82, 2.24) is 15.3 Å². The van der Waals surface area contributed by atoms with Gasteiger partial charge in [-0.2, -0.15) is 0 Å². The van der Waals surface area contributed by atoms with Crippen molar-refractivity contribution in [2.24, 2.45) is 11.3 Å². The zero-order valence-corrected chi connectivity index (χ0v) is 17.8. The fourth-order valence-electron chi connectivity index (χ4n) is 4.90. The summed E-state index contributed by atoms with van der Waals surface area (Å²) >= 11 is 0. The molecule has 1 aliphatic carbocycles. The molecule has 1 saturated heterocycles. The summed E-state index contributed by atoms with van der Waals surface area (Å²) in [6.07, 6.45) is 2.26. The van der Waals surface area contributed by atoms with Gasteiger partial charge in [0.2, 0.25) is 5.91 Å². The maximum atomic E-state index is 11.7. The third kappa shape index (κ3) is 3.68. The minimum absolute atomic E-state index is 0.00498. The first-order valence-corrected chi connectivity index (χ1v) is 9.97. The predicted molar refractivity (Wildman–Crippen MR) is 107 cm³/mol. The van der Waals surface area contributed by atoms with Crippen molar-refractivity contribution in [2.75, 3.05) is 18.6 Å². The molecule has 1 amide bonds. The number of piperidine rings is 1. The van der Waals surface area contributed by atoms with Gasteiger partial charge in [0.1, 0.15) is 11.6 Å². The van der Waals surface area contributed by atoms with Crippen molar-refractivity contribution in [1.29, 1.82) is 0 Å². The third-order valence-corrected chi connectivity index (χ3v) is 6.05. The van der Waals surface area contributed by atoms with Crippen molar-refractivity contribution in [2.45, 2.75) is 78.5 Å². The number of amides is 1. The summed E-state index contributed by atoms with van der Waals surface area (Å²) < 4.78 is 5.35. The van der Waals surface area contributed by atoms with Crippen LogP contribution in [0.15, 0.2) is 6.07 Å². The predicted octanol–water partition coefficient (Wildman–Crippen LogP) is 3.05. The monoisotopic (exact) mass is 374 g/mol. The number of nitrogens with zero attached hydrogens (tertiary/aromatic N) is 3. The van der Waals surface area contributed by atoms with Gasteiger partial charge in [-0.05, 0) is 12.8 Å². The average Bonchev–Trinajstić information content (AvgIpc) is 2.58. The molecule has 3 unspecified atom stereocenters. The molecule has 3 rings (SSSR count). The Labute approximate surface area is 163 Å². The number of rotatable bonds is 4. The number of carbonyl (C=O) groups is 1. The van der Waals surface area contributed by atoms with E-state index < -0.39 is 0 Å². The van der Waals surface area contributed by atoms with Crippen LogP contribution < -0.4 is 10.2 Å². The first kappa shape index (κ1) is 20.1. The number of anilines is 1. The van der Waals surface area contributed by atoms with Crippen molar-refractivity contribution in [3.63, 3.8) is 0 Å². The second kappa shape index (κ2) is 7.04. The summed E-state index contributed by atoms with van der Waals surface area (Å²) in [4.78, 5) is 23.8. The highest BCUT2D eigenvalue weighted by Crippen LogP contribution is 2.53. The minimum Gasteiger partial charge on any atom is -0.378 e. The number of carbonyl (C=O) groups excluding carboxylic acids is 1. The van der Waals surface area contributed by atoms with Crippen LogP contribution in [-0.2, 0) is 21.6 Å². The zero-order valence-electron chi connectivity index (χ0n) is 17.8. The van der Waals surface area contributed by atoms with Crippen LogP contribution in [0.25, 0.3) is 0 Å². The molecule has 6 heteroatoms. The summed E-state index contributed by atoms with van der Waals surface area (Å²) in [6, 6.07) is 2.68. The van der Waals surface area contributed by atoms with E-state index in [2.05, 4.69) is 50.9 Å². The van der Waals surface area contributed by atoms with Crippen LogP contribution in [0.3, 0.4) is 0 Å². The quantitative estimate of drug-likeness (QED) is 0.877. The van der Waals surface area contributed by atoms with Crippen LogP contribution in [0, 0.1) is 11.3 Å². The lowest BCUT2D eigenvalue weighted by Gasteiger charge is -2.64. The number of fused-ring (bicyclic) bond motifs is 1. The van der Waals surface area contributed by atoms with Gasteiger partial charge < -0.3 is 15.0 Å². The van der Waals surface area contributed by atoms with Gasteiger partial charge >= 0.3 is 0 Å². The van der Waals surface area contributed by atoms with Crippen LogP contribution in [0.2, 0.25) is 0 Å². The third-order valence-electron chi connectivity index (χ3n) is 6.05. The smallest absolute Gasteiger partial charge is 0.217 e. The van der Waals surface area contributed by atoms with Crippen LogP contribution in [0.4, 0.5) is 5.82 Å². The Morgan fingerprint density at radius 3 is 2.67 bits per heavy atom. The lowest BCUT2D eigenvalue weighted by atomic mass is 9.52. The second-order valence-corrected chi connectivity index (χ2v) is 9.67. The maximum Gasteiger partial charge on any atom is 0.217 e. The Hall–Kier alpha value is -1.69. The molecular weight excluding hydrogens is 340 g/mol. The van der Waals surface area contributed by atoms with Crippen LogP contribution in [0.5, 0.6) is 0 Å². The van der Waals surface area contributed by atoms with E-state index in [0.717, 1.165) is 36.7 Å². The van der Waals surface area contributed by atoms with Gasteiger partial charge in [0.15, 0.2) is 0 Å². The van der Waals surface area contributed by atoms with E-state index in [1.807, 2.05) is 0 Å². The molecule has 150 valence electrons. The molecule has 2 aliphatic rings. The van der Waals surface area contributed by atoms with Gasteiger partial charge in [0.25, 0.3) is 0 Å². The Balaban J connectivity index is 1.96. The largest absolute Gasteiger partial charge is 0.378 e. The molecular formula is C21H34N4O2. The molecule has 2 fully saturated rings. The van der Waals surface area contributed by atoms with Gasteiger partial charge in [-0.15, -0.1) is 0 Å². The van der Waals surface area contributed by atoms with E-state index in [1.54, 1.807) is 14.0 Å². The highest BCUT2D eigenvalue weighted by atomic mass is 16.5. The van der Waals surface area contributed by atoms with E-state index in [1.165, 1.54) is 0 Å². The Bertz CT molecular complexity index is 711. The molecule has 0 radical (unpaired) electrons. The number of hydrogen-bond donors (Lipinski definition) is 1. The summed E-state index contributed by atoms with van der Waals surface area (Å²) in [5, 5.41) is 3.19. The van der Waals surface area contributed by atoms with Crippen molar-refractivity contribution < 1.29 is 9.53 Å². The van der Waals surface area contributed by atoms with Gasteiger partial charge in [-0.3, -0.25) is 4.79 Å². The van der Waals surface area contributed by atoms with Crippen molar-refractivity contribution in [3.8, 4) is 0 Å². The number of aromatic nitrogens is 2. The fraction of sp³-hybridized carbons (Fsp3) is 0.762. The highest BCUT2D eigenvalue weighted by molar-refractivity contribution is 5.73. The Morgan fingerprint density at radius 2 is 2.07 bits per heavy atom. The van der Waals surface area contributed by atoms with E-state index in [0.29, 0.717) is 18.6 Å². The normalized spacial score (nSPS) is 26.9. The van der Waals surface area contributed by atoms with Gasteiger partial charge in [0, 0.05) is 55.5 Å². The van der Waals surface area contributed by atoms with Crippen molar-refractivity contribution >= 4 is 11.7 Å². The first-order chi connectivity index (χ1) is 12.6. The summed E-state index contributed by atoms with van der Waals surface area (Å²) in [5.41, 5.74) is 0.803. The molecule has 0 spiro atoms. The van der Waals surface area contributed by atoms with Gasteiger partial charge in [0.05, 0.1) is 12.3 Å². The molecule has 6 nitrogen and oxygen atoms in total. The fourth-order valence-corrected chi connectivity index (χ4v) is 4.90. The highest BCUT2D eigenvalue weighted by Gasteiger charge is 2.60. The summed E-state index contributed by atoms with van der Waals surface area (Å²) in [6.45, 7) is 14.0. The van der Waals surface area contributed by atoms with Crippen LogP contribution in [0.1, 0.15) is 65.9 Å². The Kier molecular flexibility index (Phi) is 5.23. The molecule has 3 atom stereocenters. The molecule has 1 aliphatic heterocycles. The number of nitrogens with one attached hydrogen (secondary N) is 1. The summed E-state index contributed by atoms with van der Waals surface area (Å²) in [7, 11) is 1.70. The van der Waals surface area contributed by atoms with Crippen LogP contribution >= 0.6 is 0 Å². The van der Waals surface area contributed by atoms with Crippen molar-refractivity contribution in [3.05, 3.63) is 17.6 Å². The molecule has 1 saturated carbocycles. The lowest BCUT2D eigenvalue weighted by molar-refractivity contribution is -0.125. The topological polar surface area (TPSA) is 67.3 Å². The van der Waals surface area contributed by atoms with Gasteiger partial charge in [-0.1, -0.05) is 34.6 Å². The number of methoxy groups -OCH3 is 1. The Morgan fingerprint density at radius 1 is 1.37 bits per heavy atom. The van der Waals surface area contributed by atoms with Gasteiger partial charge in [-0.25, -0.2) is 9.97 Å². The van der Waals surface area contributed by atoms with E-state index in [9.17, 15) is 4.79 Å². The number of ether oxygens (including phenoxy) is 1. The second-order valence-electron chi connectivity index (χ2n) is 9.67. The first-order valence-electron chi connectivity index (χ1n) is 9.97. The molecule has 2 heterocycles. The SMILES string of the molecule is COCc1cc(N2CCCC3C(NC(C)=O)C(C)(C)C32)nc(C(C)(C)C)n1. The average molecular weight is 375 g/mol. The molecule has 0 bridgehead atoms. The molecule has 0 aromatic carbocycles. The maximum absolute atomic E-state index is 11.7.